The summed E-state index contributed by atoms with van der Waals surface area (Å²) < 4.78 is 19.2. The lowest BCUT2D eigenvalue weighted by molar-refractivity contribution is -0.128. The van der Waals surface area contributed by atoms with Gasteiger partial charge >= 0.3 is 0 Å². The number of anilines is 1. The summed E-state index contributed by atoms with van der Waals surface area (Å²) in [6.45, 7) is 1.88. The summed E-state index contributed by atoms with van der Waals surface area (Å²) in [5.74, 6) is -0.354. The number of methoxy groups -OCH3 is 1. The van der Waals surface area contributed by atoms with E-state index in [0.29, 0.717) is 24.2 Å². The van der Waals surface area contributed by atoms with E-state index in [0.717, 1.165) is 11.3 Å². The zero-order valence-electron chi connectivity index (χ0n) is 17.3. The smallest absolute Gasteiger partial charge is 0.249 e. The zero-order chi connectivity index (χ0) is 21.0. The van der Waals surface area contributed by atoms with Crippen LogP contribution in [0.25, 0.3) is 0 Å². The minimum Gasteiger partial charge on any atom is -0.496 e. The minimum atomic E-state index is -0.662. The second-order valence-corrected chi connectivity index (χ2v) is 7.12. The molecule has 0 saturated heterocycles. The molecule has 162 valence electrons. The molecule has 0 radical (unpaired) electrons. The Labute approximate surface area is 182 Å². The Morgan fingerprint density at radius 1 is 1.30 bits per heavy atom. The summed E-state index contributed by atoms with van der Waals surface area (Å²) in [6, 6.07) is 10.8. The molecule has 0 aliphatic carbocycles. The van der Waals surface area contributed by atoms with Gasteiger partial charge in [-0.15, -0.1) is 12.4 Å². The Hall–Kier alpha value is -2.64. The van der Waals surface area contributed by atoms with Crippen LogP contribution in [0.1, 0.15) is 24.5 Å². The fraction of sp³-hybridized carbons (Fsp3) is 0.364. The van der Waals surface area contributed by atoms with Gasteiger partial charge in [-0.05, 0) is 56.6 Å². The lowest BCUT2D eigenvalue weighted by Crippen LogP contribution is -2.52. The molecule has 0 fully saturated rings. The van der Waals surface area contributed by atoms with Crippen molar-refractivity contribution < 1.29 is 18.7 Å². The first-order chi connectivity index (χ1) is 13.9. The summed E-state index contributed by atoms with van der Waals surface area (Å²) in [7, 11) is 3.20. The van der Waals surface area contributed by atoms with Crippen molar-refractivity contribution in [2.45, 2.75) is 38.4 Å². The van der Waals surface area contributed by atoms with E-state index in [2.05, 4.69) is 10.6 Å². The third-order valence-corrected chi connectivity index (χ3v) is 5.26. The van der Waals surface area contributed by atoms with Crippen molar-refractivity contribution in [3.05, 3.63) is 59.4 Å². The van der Waals surface area contributed by atoms with Crippen LogP contribution in [0.2, 0.25) is 0 Å². The summed E-state index contributed by atoms with van der Waals surface area (Å²) >= 11 is 0. The van der Waals surface area contributed by atoms with Crippen LogP contribution in [0.4, 0.5) is 10.1 Å². The van der Waals surface area contributed by atoms with Gasteiger partial charge < -0.3 is 20.3 Å². The number of carbonyl (C=O) groups excluding carboxylic acids is 2. The van der Waals surface area contributed by atoms with E-state index in [1.54, 1.807) is 24.9 Å². The summed E-state index contributed by atoms with van der Waals surface area (Å²) in [4.78, 5) is 27.4. The molecule has 1 heterocycles. The van der Waals surface area contributed by atoms with Crippen molar-refractivity contribution >= 4 is 29.9 Å². The molecule has 30 heavy (non-hydrogen) atoms. The molecule has 0 aromatic heterocycles. The van der Waals surface area contributed by atoms with E-state index in [4.69, 9.17) is 4.74 Å². The van der Waals surface area contributed by atoms with Gasteiger partial charge in [0.25, 0.3) is 0 Å². The van der Waals surface area contributed by atoms with Crippen LogP contribution < -0.4 is 20.3 Å². The molecule has 1 aliphatic rings. The van der Waals surface area contributed by atoms with Crippen molar-refractivity contribution in [1.82, 2.24) is 10.6 Å². The molecule has 0 spiro atoms. The second kappa shape index (κ2) is 10.4. The molecule has 2 aromatic rings. The molecule has 0 unspecified atom stereocenters. The number of hydrogen-bond donors (Lipinski definition) is 2. The maximum Gasteiger partial charge on any atom is 0.249 e. The van der Waals surface area contributed by atoms with Crippen molar-refractivity contribution in [1.29, 1.82) is 0 Å². The van der Waals surface area contributed by atoms with Gasteiger partial charge in [-0.2, -0.15) is 0 Å². The number of amides is 2. The largest absolute Gasteiger partial charge is 0.496 e. The van der Waals surface area contributed by atoms with Crippen molar-refractivity contribution in [2.24, 2.45) is 0 Å². The average molecular weight is 436 g/mol. The van der Waals surface area contributed by atoms with Gasteiger partial charge in [-0.3, -0.25) is 9.59 Å². The number of nitrogens with zero attached hydrogens (tertiary/aromatic N) is 1. The predicted molar refractivity (Wildman–Crippen MR) is 117 cm³/mol. The molecule has 1 aliphatic heterocycles. The Morgan fingerprint density at radius 3 is 2.73 bits per heavy atom. The molecular weight excluding hydrogens is 409 g/mol. The van der Waals surface area contributed by atoms with Crippen molar-refractivity contribution in [3.63, 3.8) is 0 Å². The monoisotopic (exact) mass is 435 g/mol. The van der Waals surface area contributed by atoms with Gasteiger partial charge in [0.2, 0.25) is 11.8 Å². The highest BCUT2D eigenvalue weighted by Crippen LogP contribution is 2.30. The van der Waals surface area contributed by atoms with Crippen LogP contribution in [0, 0.1) is 5.82 Å². The van der Waals surface area contributed by atoms with E-state index in [1.165, 1.54) is 19.2 Å². The summed E-state index contributed by atoms with van der Waals surface area (Å²) in [6.07, 6.45) is 1.15. The average Bonchev–Trinajstić information content (AvgIpc) is 2.85. The number of likely N-dealkylation sites (N-methyl/N-ethyl adjacent to an activating group) is 1. The van der Waals surface area contributed by atoms with E-state index >= 15 is 0 Å². The number of rotatable bonds is 6. The first-order valence-electron chi connectivity index (χ1n) is 9.64. The molecule has 2 amide bonds. The quantitative estimate of drug-likeness (QED) is 0.732. The lowest BCUT2D eigenvalue weighted by Gasteiger charge is -2.27. The van der Waals surface area contributed by atoms with E-state index in [1.807, 2.05) is 24.3 Å². The number of hydrogen-bond acceptors (Lipinski definition) is 4. The molecule has 6 nitrogen and oxygen atoms in total. The minimum absolute atomic E-state index is 0. The molecule has 2 atom stereocenters. The number of fused-ring (bicyclic) bond motifs is 1. The highest BCUT2D eigenvalue weighted by atomic mass is 35.5. The van der Waals surface area contributed by atoms with Gasteiger partial charge in [0, 0.05) is 11.3 Å². The molecule has 2 aromatic carbocycles. The van der Waals surface area contributed by atoms with E-state index in [-0.39, 0.29) is 30.8 Å². The Kier molecular flexibility index (Phi) is 8.20. The Balaban J connectivity index is 0.00000320. The first kappa shape index (κ1) is 23.6. The first-order valence-corrected chi connectivity index (χ1v) is 9.64. The van der Waals surface area contributed by atoms with Gasteiger partial charge in [0.05, 0.1) is 19.7 Å². The number of halogens is 2. The number of nitrogens with one attached hydrogen (secondary N) is 2. The van der Waals surface area contributed by atoms with Crippen molar-refractivity contribution in [3.8, 4) is 5.75 Å². The van der Waals surface area contributed by atoms with Gasteiger partial charge in [-0.25, -0.2) is 4.39 Å². The summed E-state index contributed by atoms with van der Waals surface area (Å²) in [5, 5.41) is 5.73. The van der Waals surface area contributed by atoms with Crippen LogP contribution in [-0.4, -0.2) is 38.1 Å². The fourth-order valence-corrected chi connectivity index (χ4v) is 3.48. The number of carbonyl (C=O) groups is 2. The van der Waals surface area contributed by atoms with E-state index < -0.39 is 17.9 Å². The number of ether oxygens (including phenoxy) is 1. The maximum absolute atomic E-state index is 13.9. The van der Waals surface area contributed by atoms with Crippen LogP contribution in [0.3, 0.4) is 0 Å². The van der Waals surface area contributed by atoms with Crippen LogP contribution in [-0.2, 0) is 22.6 Å². The number of para-hydroxylation sites is 1. The standard InChI is InChI=1S/C22H26FN3O3.ClH/c1-14(24-2)21(27)25-18-10-8-15-6-4-5-7-19(15)26(22(18)28)13-16-12-17(23)9-11-20(16)29-3;/h4-7,9,11-12,14,18,24H,8,10,13H2,1-3H3,(H,25,27);1H/t14-,18-;/m0./s1. The highest BCUT2D eigenvalue weighted by molar-refractivity contribution is 6.00. The predicted octanol–water partition coefficient (Wildman–Crippen LogP) is 2.83. The Bertz CT molecular complexity index is 909. The maximum atomic E-state index is 13.9. The van der Waals surface area contributed by atoms with Gasteiger partial charge in [0.1, 0.15) is 17.6 Å². The molecule has 0 bridgehead atoms. The normalized spacial score (nSPS) is 16.7. The van der Waals surface area contributed by atoms with E-state index in [9.17, 15) is 14.0 Å². The zero-order valence-corrected chi connectivity index (χ0v) is 18.1. The molecular formula is C22H27ClFN3O3. The summed E-state index contributed by atoms with van der Waals surface area (Å²) in [5.41, 5.74) is 2.34. The second-order valence-electron chi connectivity index (χ2n) is 7.12. The van der Waals surface area contributed by atoms with Gasteiger partial charge in [0.15, 0.2) is 0 Å². The van der Waals surface area contributed by atoms with Crippen LogP contribution in [0.5, 0.6) is 5.75 Å². The molecule has 3 rings (SSSR count). The molecule has 8 heteroatoms. The van der Waals surface area contributed by atoms with Crippen LogP contribution in [0.15, 0.2) is 42.5 Å². The number of aryl methyl sites for hydroxylation is 1. The topological polar surface area (TPSA) is 70.7 Å². The third-order valence-electron chi connectivity index (χ3n) is 5.26. The molecule has 0 saturated carbocycles. The third kappa shape index (κ3) is 5.09. The Morgan fingerprint density at radius 2 is 2.03 bits per heavy atom. The fourth-order valence-electron chi connectivity index (χ4n) is 3.48. The number of benzene rings is 2. The molecule has 2 N–H and O–H groups in total. The van der Waals surface area contributed by atoms with Crippen molar-refractivity contribution in [2.75, 3.05) is 19.1 Å². The van der Waals surface area contributed by atoms with Crippen LogP contribution >= 0.6 is 12.4 Å². The van der Waals surface area contributed by atoms with Gasteiger partial charge in [-0.1, -0.05) is 18.2 Å². The SMILES string of the molecule is CN[C@@H](C)C(=O)N[C@H]1CCc2ccccc2N(Cc2cc(F)ccc2OC)C1=O.Cl. The lowest BCUT2D eigenvalue weighted by atomic mass is 10.1. The highest BCUT2D eigenvalue weighted by Gasteiger charge is 2.32.